The van der Waals surface area contributed by atoms with E-state index in [0.717, 1.165) is 33.1 Å². The number of H-pyrrole nitrogens is 1. The van der Waals surface area contributed by atoms with Crippen LogP contribution in [0.3, 0.4) is 0 Å². The second-order valence-electron chi connectivity index (χ2n) is 4.24. The van der Waals surface area contributed by atoms with E-state index in [1.807, 2.05) is 23.9 Å². The standard InChI is InChI=1S/C12H15ClN2S2/c1-8(7-17-2)6-15-10-5-3-4-9(13)11(10)14-12(15)16/h3-5,8H,6-7H2,1-2H3,(H,14,16). The van der Waals surface area contributed by atoms with Gasteiger partial charge < -0.3 is 9.55 Å². The van der Waals surface area contributed by atoms with Crippen LogP contribution in [0, 0.1) is 10.7 Å². The Morgan fingerprint density at radius 2 is 2.29 bits per heavy atom. The van der Waals surface area contributed by atoms with Crippen molar-refractivity contribution in [3.8, 4) is 0 Å². The Hall–Kier alpha value is -0.450. The van der Waals surface area contributed by atoms with Gasteiger partial charge in [0, 0.05) is 6.54 Å². The summed E-state index contributed by atoms with van der Waals surface area (Å²) in [6.07, 6.45) is 2.13. The molecule has 0 fully saturated rings. The molecule has 1 aromatic carbocycles. The minimum atomic E-state index is 0.592. The number of hydrogen-bond donors (Lipinski definition) is 1. The van der Waals surface area contributed by atoms with Crippen LogP contribution in [0.1, 0.15) is 6.92 Å². The summed E-state index contributed by atoms with van der Waals surface area (Å²) in [7, 11) is 0. The molecule has 2 rings (SSSR count). The molecule has 0 spiro atoms. The summed E-state index contributed by atoms with van der Waals surface area (Å²) in [4.78, 5) is 3.18. The summed E-state index contributed by atoms with van der Waals surface area (Å²) in [6, 6.07) is 5.90. The van der Waals surface area contributed by atoms with Gasteiger partial charge in [0.25, 0.3) is 0 Å². The van der Waals surface area contributed by atoms with Crippen LogP contribution in [-0.2, 0) is 6.54 Å². The van der Waals surface area contributed by atoms with E-state index in [4.69, 9.17) is 23.8 Å². The van der Waals surface area contributed by atoms with Crippen molar-refractivity contribution in [2.24, 2.45) is 5.92 Å². The minimum absolute atomic E-state index is 0.592. The van der Waals surface area contributed by atoms with Crippen molar-refractivity contribution >= 4 is 46.6 Å². The number of nitrogens with zero attached hydrogens (tertiary/aromatic N) is 1. The van der Waals surface area contributed by atoms with Crippen LogP contribution in [-0.4, -0.2) is 21.6 Å². The molecule has 0 bridgehead atoms. The number of nitrogens with one attached hydrogen (secondary N) is 1. The summed E-state index contributed by atoms with van der Waals surface area (Å²) in [5.41, 5.74) is 2.03. The topological polar surface area (TPSA) is 20.7 Å². The first-order valence-corrected chi connectivity index (χ1v) is 7.67. The Kier molecular flexibility index (Phi) is 4.17. The molecule has 0 aliphatic heterocycles. The van der Waals surface area contributed by atoms with E-state index in [1.54, 1.807) is 0 Å². The van der Waals surface area contributed by atoms with E-state index in [9.17, 15) is 0 Å². The Bertz CT molecular complexity index is 573. The van der Waals surface area contributed by atoms with Crippen LogP contribution in [0.25, 0.3) is 11.0 Å². The minimum Gasteiger partial charge on any atom is -0.329 e. The maximum Gasteiger partial charge on any atom is 0.178 e. The molecule has 2 aromatic rings. The van der Waals surface area contributed by atoms with Crippen molar-refractivity contribution < 1.29 is 0 Å². The van der Waals surface area contributed by atoms with Gasteiger partial charge in [-0.2, -0.15) is 11.8 Å². The van der Waals surface area contributed by atoms with E-state index in [-0.39, 0.29) is 0 Å². The molecule has 5 heteroatoms. The first kappa shape index (κ1) is 13.0. The number of imidazole rings is 1. The molecule has 0 radical (unpaired) electrons. The van der Waals surface area contributed by atoms with Gasteiger partial charge in [0.1, 0.15) is 0 Å². The average Bonchev–Trinajstić information content (AvgIpc) is 2.58. The Morgan fingerprint density at radius 1 is 1.53 bits per heavy atom. The third-order valence-electron chi connectivity index (χ3n) is 2.70. The highest BCUT2D eigenvalue weighted by atomic mass is 35.5. The maximum atomic E-state index is 6.15. The van der Waals surface area contributed by atoms with Crippen LogP contribution in [0.4, 0.5) is 0 Å². The summed E-state index contributed by atoms with van der Waals surface area (Å²) in [5, 5.41) is 0.727. The summed E-state index contributed by atoms with van der Waals surface area (Å²) >= 11 is 13.4. The number of halogens is 1. The van der Waals surface area contributed by atoms with Gasteiger partial charge in [-0.25, -0.2) is 0 Å². The monoisotopic (exact) mass is 286 g/mol. The molecule has 1 unspecified atom stereocenters. The summed E-state index contributed by atoms with van der Waals surface area (Å²) in [6.45, 7) is 3.17. The molecule has 2 nitrogen and oxygen atoms in total. The lowest BCUT2D eigenvalue weighted by Crippen LogP contribution is -2.09. The van der Waals surface area contributed by atoms with Gasteiger partial charge >= 0.3 is 0 Å². The number of aromatic amines is 1. The molecule has 1 N–H and O–H groups in total. The highest BCUT2D eigenvalue weighted by molar-refractivity contribution is 7.98. The number of rotatable bonds is 4. The van der Waals surface area contributed by atoms with Crippen molar-refractivity contribution in [1.82, 2.24) is 9.55 Å². The molecular formula is C12H15ClN2S2. The van der Waals surface area contributed by atoms with Crippen LogP contribution < -0.4 is 0 Å². The van der Waals surface area contributed by atoms with Crippen molar-refractivity contribution in [3.05, 3.63) is 28.0 Å². The third-order valence-corrected chi connectivity index (χ3v) is 4.24. The molecule has 1 atom stereocenters. The van der Waals surface area contributed by atoms with Crippen molar-refractivity contribution in [1.29, 1.82) is 0 Å². The van der Waals surface area contributed by atoms with Gasteiger partial charge in [-0.05, 0) is 42.3 Å². The zero-order valence-electron chi connectivity index (χ0n) is 9.87. The fourth-order valence-corrected chi connectivity index (χ4v) is 3.14. The Labute approximate surface area is 115 Å². The fraction of sp³-hybridized carbons (Fsp3) is 0.417. The smallest absolute Gasteiger partial charge is 0.178 e. The van der Waals surface area contributed by atoms with Crippen molar-refractivity contribution in [2.45, 2.75) is 13.5 Å². The molecule has 92 valence electrons. The predicted octanol–water partition coefficient (Wildman–Crippen LogP) is 4.35. The largest absolute Gasteiger partial charge is 0.329 e. The number of fused-ring (bicyclic) bond motifs is 1. The van der Waals surface area contributed by atoms with E-state index in [1.165, 1.54) is 0 Å². The van der Waals surface area contributed by atoms with Gasteiger partial charge in [-0.15, -0.1) is 0 Å². The predicted molar refractivity (Wildman–Crippen MR) is 79.7 cm³/mol. The maximum absolute atomic E-state index is 6.15. The fourth-order valence-electron chi connectivity index (χ4n) is 1.98. The third kappa shape index (κ3) is 2.69. The van der Waals surface area contributed by atoms with E-state index < -0.39 is 0 Å². The Morgan fingerprint density at radius 3 is 3.00 bits per heavy atom. The van der Waals surface area contributed by atoms with Gasteiger partial charge in [0.2, 0.25) is 0 Å². The zero-order valence-corrected chi connectivity index (χ0v) is 12.3. The van der Waals surface area contributed by atoms with Gasteiger partial charge in [-0.3, -0.25) is 0 Å². The van der Waals surface area contributed by atoms with E-state index in [0.29, 0.717) is 5.92 Å². The van der Waals surface area contributed by atoms with Crippen LogP contribution in [0.5, 0.6) is 0 Å². The molecule has 1 aromatic heterocycles. The van der Waals surface area contributed by atoms with Gasteiger partial charge in [0.05, 0.1) is 16.1 Å². The number of hydrogen-bond acceptors (Lipinski definition) is 2. The summed E-state index contributed by atoms with van der Waals surface area (Å²) in [5.74, 6) is 1.73. The molecule has 17 heavy (non-hydrogen) atoms. The number of benzene rings is 1. The quantitative estimate of drug-likeness (QED) is 0.844. The SMILES string of the molecule is CSCC(C)Cn1c(=S)[nH]c2c(Cl)cccc21. The molecule has 0 aliphatic rings. The Balaban J connectivity index is 2.43. The van der Waals surface area contributed by atoms with E-state index in [2.05, 4.69) is 28.8 Å². The average molecular weight is 287 g/mol. The number of para-hydroxylation sites is 1. The normalized spacial score (nSPS) is 13.1. The van der Waals surface area contributed by atoms with Crippen molar-refractivity contribution in [2.75, 3.05) is 12.0 Å². The number of aromatic nitrogens is 2. The first-order chi connectivity index (χ1) is 8.13. The van der Waals surface area contributed by atoms with Gasteiger partial charge in [-0.1, -0.05) is 24.6 Å². The van der Waals surface area contributed by atoms with Gasteiger partial charge in [0.15, 0.2) is 4.77 Å². The highest BCUT2D eigenvalue weighted by Gasteiger charge is 2.09. The molecule has 0 amide bonds. The van der Waals surface area contributed by atoms with Crippen LogP contribution in [0.2, 0.25) is 5.02 Å². The highest BCUT2D eigenvalue weighted by Crippen LogP contribution is 2.23. The molecule has 1 heterocycles. The first-order valence-electron chi connectivity index (χ1n) is 5.49. The zero-order chi connectivity index (χ0) is 12.4. The molecule has 0 aliphatic carbocycles. The molecule has 0 saturated heterocycles. The molecular weight excluding hydrogens is 272 g/mol. The lowest BCUT2D eigenvalue weighted by molar-refractivity contribution is 0.537. The second kappa shape index (κ2) is 5.46. The van der Waals surface area contributed by atoms with Crippen LogP contribution in [0.15, 0.2) is 18.2 Å². The van der Waals surface area contributed by atoms with Crippen molar-refractivity contribution in [3.63, 3.8) is 0 Å². The second-order valence-corrected chi connectivity index (χ2v) is 5.94. The lowest BCUT2D eigenvalue weighted by Gasteiger charge is -2.11. The molecule has 0 saturated carbocycles. The van der Waals surface area contributed by atoms with Crippen LogP contribution >= 0.6 is 35.6 Å². The lowest BCUT2D eigenvalue weighted by atomic mass is 10.2. The summed E-state index contributed by atoms with van der Waals surface area (Å²) < 4.78 is 2.89. The number of thioether (sulfide) groups is 1. The van der Waals surface area contributed by atoms with E-state index >= 15 is 0 Å².